The average Bonchev–Trinajstić information content (AvgIpc) is 2.66. The predicted octanol–water partition coefficient (Wildman–Crippen LogP) is 2.12. The second-order valence-electron chi connectivity index (χ2n) is 4.46. The Morgan fingerprint density at radius 3 is 2.89 bits per heavy atom. The predicted molar refractivity (Wildman–Crippen MR) is 73.9 cm³/mol. The topological polar surface area (TPSA) is 53.1 Å². The summed E-state index contributed by atoms with van der Waals surface area (Å²) < 4.78 is 7.39. The molecule has 4 nitrogen and oxygen atoms in total. The Morgan fingerprint density at radius 2 is 2.28 bits per heavy atom. The number of nitrogens with zero attached hydrogens (tertiary/aromatic N) is 2. The molecule has 4 heteroatoms. The van der Waals surface area contributed by atoms with E-state index in [0.29, 0.717) is 6.54 Å². The van der Waals surface area contributed by atoms with Crippen molar-refractivity contribution in [2.24, 2.45) is 5.73 Å². The second kappa shape index (κ2) is 5.23. The van der Waals surface area contributed by atoms with Gasteiger partial charge in [-0.2, -0.15) is 0 Å². The molecule has 0 spiro atoms. The Balaban J connectivity index is 2.55. The van der Waals surface area contributed by atoms with E-state index in [0.717, 1.165) is 41.1 Å². The summed E-state index contributed by atoms with van der Waals surface area (Å²) in [5.41, 5.74) is 8.78. The third-order valence-corrected chi connectivity index (χ3v) is 2.83. The minimum absolute atomic E-state index is 0.594. The lowest BCUT2D eigenvalue weighted by atomic mass is 10.2. The fourth-order valence-electron chi connectivity index (χ4n) is 2.05. The van der Waals surface area contributed by atoms with Gasteiger partial charge >= 0.3 is 0 Å². The highest BCUT2D eigenvalue weighted by Gasteiger charge is 2.10. The molecule has 96 valence electrons. The average molecular weight is 245 g/mol. The molecule has 18 heavy (non-hydrogen) atoms. The summed E-state index contributed by atoms with van der Waals surface area (Å²) >= 11 is 0. The van der Waals surface area contributed by atoms with E-state index in [4.69, 9.17) is 10.5 Å². The number of allylic oxidation sites excluding steroid dienone is 1. The van der Waals surface area contributed by atoms with Crippen molar-refractivity contribution in [1.29, 1.82) is 0 Å². The Hall–Kier alpha value is -1.81. The van der Waals surface area contributed by atoms with E-state index in [2.05, 4.69) is 16.1 Å². The number of benzene rings is 1. The lowest BCUT2D eigenvalue weighted by Gasteiger charge is -2.08. The zero-order chi connectivity index (χ0) is 13.1. The van der Waals surface area contributed by atoms with Gasteiger partial charge in [-0.15, -0.1) is 0 Å². The lowest BCUT2D eigenvalue weighted by molar-refractivity contribution is 0.415. The number of hydrogen-bond acceptors (Lipinski definition) is 3. The van der Waals surface area contributed by atoms with Gasteiger partial charge in [-0.25, -0.2) is 4.98 Å². The van der Waals surface area contributed by atoms with Crippen molar-refractivity contribution < 1.29 is 4.74 Å². The van der Waals surface area contributed by atoms with Crippen molar-refractivity contribution in [2.75, 3.05) is 13.7 Å². The zero-order valence-electron chi connectivity index (χ0n) is 10.9. The van der Waals surface area contributed by atoms with Crippen molar-refractivity contribution in [3.63, 3.8) is 0 Å². The van der Waals surface area contributed by atoms with E-state index >= 15 is 0 Å². The largest absolute Gasteiger partial charge is 0.497 e. The molecule has 0 atom stereocenters. The van der Waals surface area contributed by atoms with Gasteiger partial charge in [0.05, 0.1) is 18.1 Å². The Morgan fingerprint density at radius 1 is 1.50 bits per heavy atom. The number of fused-ring (bicyclic) bond motifs is 1. The molecule has 0 aliphatic rings. The maximum absolute atomic E-state index is 5.64. The van der Waals surface area contributed by atoms with Crippen LogP contribution >= 0.6 is 0 Å². The number of nitrogens with two attached hydrogens (primary N) is 1. The van der Waals surface area contributed by atoms with Crippen LogP contribution in [0.1, 0.15) is 12.7 Å². The molecule has 0 amide bonds. The molecule has 0 fully saturated rings. The standard InChI is InChI=1S/C14H19N3O/c1-10(2)9-17-13-5-4-11(18-3)8-12(13)16-14(17)6-7-15/h4-5,8H,1,6-7,9,15H2,2-3H3. The van der Waals surface area contributed by atoms with Crippen molar-refractivity contribution >= 4 is 11.0 Å². The molecule has 1 heterocycles. The Kier molecular flexibility index (Phi) is 3.67. The van der Waals surface area contributed by atoms with Gasteiger partial charge in [0.2, 0.25) is 0 Å². The minimum Gasteiger partial charge on any atom is -0.497 e. The number of hydrogen-bond donors (Lipinski definition) is 1. The van der Waals surface area contributed by atoms with E-state index in [1.807, 2.05) is 25.1 Å². The summed E-state index contributed by atoms with van der Waals surface area (Å²) in [6, 6.07) is 5.93. The minimum atomic E-state index is 0.594. The first-order valence-electron chi connectivity index (χ1n) is 6.03. The van der Waals surface area contributed by atoms with Crippen molar-refractivity contribution in [3.05, 3.63) is 36.2 Å². The summed E-state index contributed by atoms with van der Waals surface area (Å²) in [7, 11) is 1.66. The summed E-state index contributed by atoms with van der Waals surface area (Å²) in [5, 5.41) is 0. The molecule has 2 rings (SSSR count). The molecule has 2 N–H and O–H groups in total. The van der Waals surface area contributed by atoms with Gasteiger partial charge in [0.1, 0.15) is 11.6 Å². The van der Waals surface area contributed by atoms with Crippen LogP contribution in [0.15, 0.2) is 30.4 Å². The summed E-state index contributed by atoms with van der Waals surface area (Å²) in [5.74, 6) is 1.82. The van der Waals surface area contributed by atoms with Crippen LogP contribution in [0.2, 0.25) is 0 Å². The summed E-state index contributed by atoms with van der Waals surface area (Å²) in [6.07, 6.45) is 0.768. The van der Waals surface area contributed by atoms with Gasteiger partial charge in [0.25, 0.3) is 0 Å². The van der Waals surface area contributed by atoms with Gasteiger partial charge in [0, 0.05) is 19.0 Å². The van der Waals surface area contributed by atoms with Crippen molar-refractivity contribution in [2.45, 2.75) is 19.9 Å². The molecule has 0 aliphatic carbocycles. The molecule has 0 radical (unpaired) electrons. The normalized spacial score (nSPS) is 10.8. The molecule has 0 saturated carbocycles. The number of ether oxygens (including phenoxy) is 1. The van der Waals surface area contributed by atoms with E-state index in [1.54, 1.807) is 7.11 Å². The smallest absolute Gasteiger partial charge is 0.121 e. The molecule has 2 aromatic rings. The van der Waals surface area contributed by atoms with Crippen LogP contribution in [-0.2, 0) is 13.0 Å². The number of methoxy groups -OCH3 is 1. The first-order valence-corrected chi connectivity index (χ1v) is 6.03. The molecule has 1 aromatic carbocycles. The van der Waals surface area contributed by atoms with Gasteiger partial charge in [-0.3, -0.25) is 0 Å². The highest BCUT2D eigenvalue weighted by Crippen LogP contribution is 2.22. The highest BCUT2D eigenvalue weighted by atomic mass is 16.5. The highest BCUT2D eigenvalue weighted by molar-refractivity contribution is 5.78. The molecule has 0 unspecified atom stereocenters. The van der Waals surface area contributed by atoms with Crippen LogP contribution in [-0.4, -0.2) is 23.2 Å². The fourth-order valence-corrected chi connectivity index (χ4v) is 2.05. The van der Waals surface area contributed by atoms with Crippen LogP contribution in [0.3, 0.4) is 0 Å². The van der Waals surface area contributed by atoms with Crippen molar-refractivity contribution in [3.8, 4) is 5.75 Å². The van der Waals surface area contributed by atoms with E-state index in [9.17, 15) is 0 Å². The molecule has 0 aliphatic heterocycles. The quantitative estimate of drug-likeness (QED) is 0.821. The second-order valence-corrected chi connectivity index (χ2v) is 4.46. The molecular formula is C14H19N3O. The van der Waals surface area contributed by atoms with Crippen LogP contribution in [0.4, 0.5) is 0 Å². The van der Waals surface area contributed by atoms with E-state index in [1.165, 1.54) is 0 Å². The lowest BCUT2D eigenvalue weighted by Crippen LogP contribution is -2.10. The summed E-state index contributed by atoms with van der Waals surface area (Å²) in [6.45, 7) is 7.35. The van der Waals surface area contributed by atoms with E-state index in [-0.39, 0.29) is 0 Å². The Bertz CT molecular complexity index is 572. The molecule has 0 saturated heterocycles. The third kappa shape index (κ3) is 2.38. The van der Waals surface area contributed by atoms with Crippen LogP contribution < -0.4 is 10.5 Å². The van der Waals surface area contributed by atoms with Gasteiger partial charge in [-0.1, -0.05) is 12.2 Å². The molecular weight excluding hydrogens is 226 g/mol. The van der Waals surface area contributed by atoms with Gasteiger partial charge in [0.15, 0.2) is 0 Å². The number of rotatable bonds is 5. The zero-order valence-corrected chi connectivity index (χ0v) is 10.9. The SMILES string of the molecule is C=C(C)Cn1c(CCN)nc2cc(OC)ccc21. The van der Waals surface area contributed by atoms with Crippen LogP contribution in [0, 0.1) is 0 Å². The van der Waals surface area contributed by atoms with Gasteiger partial charge in [-0.05, 0) is 25.6 Å². The van der Waals surface area contributed by atoms with Crippen LogP contribution in [0.25, 0.3) is 11.0 Å². The first-order chi connectivity index (χ1) is 8.65. The molecule has 0 bridgehead atoms. The monoisotopic (exact) mass is 245 g/mol. The van der Waals surface area contributed by atoms with E-state index < -0.39 is 0 Å². The Labute approximate surface area is 107 Å². The fraction of sp³-hybridized carbons (Fsp3) is 0.357. The maximum atomic E-state index is 5.64. The maximum Gasteiger partial charge on any atom is 0.121 e. The first kappa shape index (κ1) is 12.6. The van der Waals surface area contributed by atoms with Crippen LogP contribution in [0.5, 0.6) is 5.75 Å². The molecule has 1 aromatic heterocycles. The number of imidazole rings is 1. The third-order valence-electron chi connectivity index (χ3n) is 2.83. The summed E-state index contributed by atoms with van der Waals surface area (Å²) in [4.78, 5) is 4.63. The van der Waals surface area contributed by atoms with Crippen molar-refractivity contribution in [1.82, 2.24) is 9.55 Å². The van der Waals surface area contributed by atoms with Gasteiger partial charge < -0.3 is 15.0 Å². The number of aromatic nitrogens is 2.